The molecule has 0 aliphatic heterocycles. The molecular weight excluding hydrogens is 390 g/mol. The highest BCUT2D eigenvalue weighted by atomic mass is 32.2. The van der Waals surface area contributed by atoms with Crippen LogP contribution < -0.4 is 5.32 Å². The number of amides is 2. The van der Waals surface area contributed by atoms with E-state index in [1.54, 1.807) is 13.3 Å². The van der Waals surface area contributed by atoms with Crippen molar-refractivity contribution in [3.8, 4) is 11.4 Å². The van der Waals surface area contributed by atoms with Crippen molar-refractivity contribution in [2.75, 3.05) is 24.7 Å². The van der Waals surface area contributed by atoms with E-state index in [4.69, 9.17) is 4.42 Å². The third kappa shape index (κ3) is 5.05. The van der Waals surface area contributed by atoms with Crippen LogP contribution in [0, 0.1) is 13.8 Å². The summed E-state index contributed by atoms with van der Waals surface area (Å²) in [6, 6.07) is 9.33. The zero-order chi connectivity index (χ0) is 21.0. The first-order valence-corrected chi connectivity index (χ1v) is 10.0. The van der Waals surface area contributed by atoms with Gasteiger partial charge >= 0.3 is 0 Å². The number of carbonyl (C=O) groups excluding carboxylic acids is 2. The number of aryl methyl sites for hydroxylation is 2. The lowest BCUT2D eigenvalue weighted by molar-refractivity contribution is -0.131. The number of carbonyl (C=O) groups is 2. The highest BCUT2D eigenvalue weighted by Gasteiger charge is 2.18. The summed E-state index contributed by atoms with van der Waals surface area (Å²) in [6.45, 7) is 3.81. The number of hydrogen-bond acceptors (Lipinski definition) is 6. The number of rotatable bonds is 7. The van der Waals surface area contributed by atoms with Crippen LogP contribution in [-0.2, 0) is 16.6 Å². The fourth-order valence-electron chi connectivity index (χ4n) is 2.67. The van der Waals surface area contributed by atoms with Crippen LogP contribution in [-0.4, -0.2) is 50.8 Å². The van der Waals surface area contributed by atoms with E-state index >= 15 is 0 Å². The Morgan fingerprint density at radius 3 is 2.55 bits per heavy atom. The average Bonchev–Trinajstić information content (AvgIpc) is 3.26. The highest BCUT2D eigenvalue weighted by Crippen LogP contribution is 2.25. The zero-order valence-corrected chi connectivity index (χ0v) is 17.6. The molecule has 0 saturated carbocycles. The van der Waals surface area contributed by atoms with Gasteiger partial charge in [0, 0.05) is 19.8 Å². The lowest BCUT2D eigenvalue weighted by Crippen LogP contribution is -2.36. The number of hydrogen-bond donors (Lipinski definition) is 1. The van der Waals surface area contributed by atoms with E-state index in [9.17, 15) is 9.59 Å². The number of furan rings is 1. The summed E-state index contributed by atoms with van der Waals surface area (Å²) in [7, 11) is 3.45. The predicted octanol–water partition coefficient (Wildman–Crippen LogP) is 2.88. The standard InChI is InChI=1S/C20H23N5O3S/c1-13-5-7-15(8-6-13)21-17(26)11-24(3)18(27)12-29-20-23-22-19(25(20)4)16-9-10-28-14(16)2/h5-10H,11-12H2,1-4H3,(H,21,26). The molecule has 0 spiro atoms. The first-order chi connectivity index (χ1) is 13.8. The van der Waals surface area contributed by atoms with Crippen molar-refractivity contribution in [3.05, 3.63) is 47.9 Å². The maximum absolute atomic E-state index is 12.4. The van der Waals surface area contributed by atoms with E-state index < -0.39 is 0 Å². The third-order valence-corrected chi connectivity index (χ3v) is 5.41. The number of anilines is 1. The summed E-state index contributed by atoms with van der Waals surface area (Å²) in [4.78, 5) is 26.0. The van der Waals surface area contributed by atoms with Crippen LogP contribution in [0.15, 0.2) is 46.2 Å². The minimum Gasteiger partial charge on any atom is -0.469 e. The highest BCUT2D eigenvalue weighted by molar-refractivity contribution is 7.99. The zero-order valence-electron chi connectivity index (χ0n) is 16.8. The van der Waals surface area contributed by atoms with Crippen molar-refractivity contribution in [2.45, 2.75) is 19.0 Å². The molecule has 0 fully saturated rings. The molecule has 2 heterocycles. The van der Waals surface area contributed by atoms with E-state index in [0.717, 1.165) is 16.9 Å². The van der Waals surface area contributed by atoms with Crippen LogP contribution in [0.3, 0.4) is 0 Å². The Bertz CT molecular complexity index is 1010. The molecule has 9 heteroatoms. The van der Waals surface area contributed by atoms with E-state index in [1.807, 2.05) is 55.8 Å². The van der Waals surface area contributed by atoms with Crippen LogP contribution in [0.1, 0.15) is 11.3 Å². The fraction of sp³-hybridized carbons (Fsp3) is 0.300. The van der Waals surface area contributed by atoms with Gasteiger partial charge in [0.25, 0.3) is 0 Å². The molecule has 0 atom stereocenters. The van der Waals surface area contributed by atoms with Gasteiger partial charge in [-0.1, -0.05) is 29.5 Å². The summed E-state index contributed by atoms with van der Waals surface area (Å²) in [5.41, 5.74) is 2.68. The van der Waals surface area contributed by atoms with Crippen molar-refractivity contribution < 1.29 is 14.0 Å². The maximum Gasteiger partial charge on any atom is 0.243 e. The SMILES string of the molecule is Cc1ccc(NC(=O)CN(C)C(=O)CSc2nnc(-c3ccoc3C)n2C)cc1. The molecule has 0 aliphatic rings. The van der Waals surface area contributed by atoms with Crippen molar-refractivity contribution in [1.82, 2.24) is 19.7 Å². The van der Waals surface area contributed by atoms with Gasteiger partial charge < -0.3 is 19.2 Å². The van der Waals surface area contributed by atoms with Crippen LogP contribution in [0.4, 0.5) is 5.69 Å². The Hall–Kier alpha value is -3.07. The molecule has 1 aromatic carbocycles. The lowest BCUT2D eigenvalue weighted by Gasteiger charge is -2.16. The quantitative estimate of drug-likeness (QED) is 0.599. The van der Waals surface area contributed by atoms with Gasteiger partial charge in [-0.2, -0.15) is 0 Å². The number of aromatic nitrogens is 3. The average molecular weight is 414 g/mol. The van der Waals surface area contributed by atoms with Crippen LogP contribution in [0.25, 0.3) is 11.4 Å². The molecule has 8 nitrogen and oxygen atoms in total. The van der Waals surface area contributed by atoms with Gasteiger partial charge in [-0.15, -0.1) is 10.2 Å². The molecule has 3 aromatic rings. The molecule has 0 saturated heterocycles. The Balaban J connectivity index is 1.52. The molecule has 1 N–H and O–H groups in total. The van der Waals surface area contributed by atoms with Gasteiger partial charge in [0.15, 0.2) is 11.0 Å². The molecule has 0 bridgehead atoms. The summed E-state index contributed by atoms with van der Waals surface area (Å²) < 4.78 is 7.13. The second-order valence-electron chi connectivity index (χ2n) is 6.71. The van der Waals surface area contributed by atoms with E-state index in [-0.39, 0.29) is 24.1 Å². The van der Waals surface area contributed by atoms with Gasteiger partial charge in [-0.25, -0.2) is 0 Å². The van der Waals surface area contributed by atoms with E-state index in [0.29, 0.717) is 16.7 Å². The molecule has 2 aromatic heterocycles. The third-order valence-electron chi connectivity index (χ3n) is 4.40. The number of benzene rings is 1. The second-order valence-corrected chi connectivity index (χ2v) is 7.65. The smallest absolute Gasteiger partial charge is 0.243 e. The molecule has 2 amide bonds. The lowest BCUT2D eigenvalue weighted by atomic mass is 10.2. The first kappa shape index (κ1) is 20.7. The minimum atomic E-state index is -0.244. The molecule has 0 radical (unpaired) electrons. The topological polar surface area (TPSA) is 93.3 Å². The monoisotopic (exact) mass is 413 g/mol. The van der Waals surface area contributed by atoms with E-state index in [2.05, 4.69) is 15.5 Å². The molecule has 3 rings (SSSR count). The maximum atomic E-state index is 12.4. The molecule has 152 valence electrons. The Kier molecular flexibility index (Phi) is 6.38. The van der Waals surface area contributed by atoms with Gasteiger partial charge in [-0.3, -0.25) is 9.59 Å². The predicted molar refractivity (Wildman–Crippen MR) is 112 cm³/mol. The fourth-order valence-corrected chi connectivity index (χ4v) is 3.52. The van der Waals surface area contributed by atoms with Crippen LogP contribution in [0.2, 0.25) is 0 Å². The van der Waals surface area contributed by atoms with Crippen molar-refractivity contribution in [1.29, 1.82) is 0 Å². The first-order valence-electron chi connectivity index (χ1n) is 9.02. The number of nitrogens with one attached hydrogen (secondary N) is 1. The molecule has 0 aliphatic carbocycles. The van der Waals surface area contributed by atoms with Crippen molar-refractivity contribution in [2.24, 2.45) is 7.05 Å². The Labute approximate surface area is 173 Å². The van der Waals surface area contributed by atoms with Crippen LogP contribution in [0.5, 0.6) is 0 Å². The molecule has 29 heavy (non-hydrogen) atoms. The minimum absolute atomic E-state index is 0.0223. The van der Waals surface area contributed by atoms with Gasteiger partial charge in [-0.05, 0) is 32.0 Å². The van der Waals surface area contributed by atoms with Crippen molar-refractivity contribution in [3.63, 3.8) is 0 Å². The number of nitrogens with zero attached hydrogens (tertiary/aromatic N) is 4. The number of likely N-dealkylation sites (N-methyl/N-ethyl adjacent to an activating group) is 1. The summed E-state index contributed by atoms with van der Waals surface area (Å²) in [5, 5.41) is 11.7. The number of thioether (sulfide) groups is 1. The van der Waals surface area contributed by atoms with E-state index in [1.165, 1.54) is 16.7 Å². The van der Waals surface area contributed by atoms with Crippen molar-refractivity contribution >= 4 is 29.3 Å². The normalized spacial score (nSPS) is 10.8. The summed E-state index contributed by atoms with van der Waals surface area (Å²) in [5.74, 6) is 1.18. The van der Waals surface area contributed by atoms with Crippen LogP contribution >= 0.6 is 11.8 Å². The molecule has 0 unspecified atom stereocenters. The largest absolute Gasteiger partial charge is 0.469 e. The van der Waals surface area contributed by atoms with Gasteiger partial charge in [0.1, 0.15) is 5.76 Å². The summed E-state index contributed by atoms with van der Waals surface area (Å²) >= 11 is 1.28. The Morgan fingerprint density at radius 2 is 1.90 bits per heavy atom. The second kappa shape index (κ2) is 8.95. The van der Waals surface area contributed by atoms with Gasteiger partial charge in [0.05, 0.1) is 24.1 Å². The Morgan fingerprint density at radius 1 is 1.17 bits per heavy atom. The summed E-state index contributed by atoms with van der Waals surface area (Å²) in [6.07, 6.45) is 1.60. The molecular formula is C20H23N5O3S. The van der Waals surface area contributed by atoms with Gasteiger partial charge in [0.2, 0.25) is 11.8 Å².